The van der Waals surface area contributed by atoms with Gasteiger partial charge in [-0.15, -0.1) is 0 Å². The Hall–Kier alpha value is -11.6. The number of para-hydroxylation sites is 3. The molecule has 14 aromatic carbocycles. The first kappa shape index (κ1) is 49.0. The molecule has 0 N–H and O–H groups in total. The van der Waals surface area contributed by atoms with Crippen molar-refractivity contribution < 1.29 is 0 Å². The SMILES string of the molecule is c1ccc(-c2nc(-c3ccccc3)nc(-c3ccc(-c4ccc(-n5c6ccccc6c6ccc7ccccc7c65)cc4)cc3)n2)cc1.c1ccc2c(c1)ccc1ccc(-c3ccc4c5ccc6ccccc6c5c5nc6ccccc6n5c4c3)cc12. The minimum absolute atomic E-state index is 0.651. The molecule has 0 radical (unpaired) electrons. The third-order valence-electron chi connectivity index (χ3n) is 17.2. The smallest absolute Gasteiger partial charge is 0.164 e. The number of hydrogen-bond acceptors (Lipinski definition) is 4. The van der Waals surface area contributed by atoms with Crippen LogP contribution in [0.2, 0.25) is 0 Å². The van der Waals surface area contributed by atoms with E-state index in [2.05, 4.69) is 252 Å². The van der Waals surface area contributed by atoms with Crippen LogP contribution >= 0.6 is 0 Å². The zero-order valence-electron chi connectivity index (χ0n) is 46.6. The molecule has 18 rings (SSSR count). The molecule has 400 valence electrons. The molecular formula is C80H50N6. The van der Waals surface area contributed by atoms with Crippen LogP contribution in [0.1, 0.15) is 0 Å². The number of fused-ring (bicyclic) bond motifs is 18. The van der Waals surface area contributed by atoms with E-state index in [-0.39, 0.29) is 0 Å². The van der Waals surface area contributed by atoms with Crippen molar-refractivity contribution in [3.63, 3.8) is 0 Å². The summed E-state index contributed by atoms with van der Waals surface area (Å²) < 4.78 is 4.76. The van der Waals surface area contributed by atoms with Crippen molar-refractivity contribution in [1.82, 2.24) is 28.9 Å². The van der Waals surface area contributed by atoms with E-state index in [1.807, 2.05) is 60.7 Å². The maximum atomic E-state index is 5.18. The third-order valence-corrected chi connectivity index (χ3v) is 17.2. The molecular weight excluding hydrogens is 1040 g/mol. The van der Waals surface area contributed by atoms with Crippen LogP contribution in [0.25, 0.3) is 165 Å². The second-order valence-corrected chi connectivity index (χ2v) is 22.1. The summed E-state index contributed by atoms with van der Waals surface area (Å²) in [5.41, 5.74) is 15.5. The Morgan fingerprint density at radius 2 is 0.663 bits per heavy atom. The number of rotatable bonds is 6. The molecule has 6 nitrogen and oxygen atoms in total. The minimum Gasteiger partial charge on any atom is -0.309 e. The van der Waals surface area contributed by atoms with Crippen molar-refractivity contribution in [3.8, 4) is 62.1 Å². The van der Waals surface area contributed by atoms with Crippen LogP contribution in [0.4, 0.5) is 0 Å². The molecule has 0 fully saturated rings. The van der Waals surface area contributed by atoms with Gasteiger partial charge in [-0.05, 0) is 108 Å². The summed E-state index contributed by atoms with van der Waals surface area (Å²) in [6.45, 7) is 0. The molecule has 0 aliphatic heterocycles. The zero-order chi connectivity index (χ0) is 56.7. The molecule has 0 unspecified atom stereocenters. The number of imidazole rings is 1. The lowest BCUT2D eigenvalue weighted by molar-refractivity contribution is 1.07. The summed E-state index contributed by atoms with van der Waals surface area (Å²) in [5, 5.41) is 16.3. The van der Waals surface area contributed by atoms with Crippen LogP contribution in [0.3, 0.4) is 0 Å². The first-order chi connectivity index (χ1) is 42.6. The van der Waals surface area contributed by atoms with E-state index in [9.17, 15) is 0 Å². The molecule has 6 heteroatoms. The number of aromatic nitrogens is 6. The number of pyridine rings is 1. The molecule has 4 aromatic heterocycles. The Morgan fingerprint density at radius 1 is 0.233 bits per heavy atom. The van der Waals surface area contributed by atoms with Crippen molar-refractivity contribution >= 4 is 103 Å². The molecule has 0 amide bonds. The van der Waals surface area contributed by atoms with E-state index in [0.29, 0.717) is 17.5 Å². The summed E-state index contributed by atoms with van der Waals surface area (Å²) in [7, 11) is 0. The van der Waals surface area contributed by atoms with E-state index < -0.39 is 0 Å². The van der Waals surface area contributed by atoms with Gasteiger partial charge in [0.25, 0.3) is 0 Å². The first-order valence-corrected chi connectivity index (χ1v) is 29.2. The van der Waals surface area contributed by atoms with Gasteiger partial charge in [-0.3, -0.25) is 4.40 Å². The van der Waals surface area contributed by atoms with Gasteiger partial charge < -0.3 is 4.57 Å². The van der Waals surface area contributed by atoms with Gasteiger partial charge in [-0.1, -0.05) is 261 Å². The molecule has 0 bridgehead atoms. The molecule has 0 saturated carbocycles. The fraction of sp³-hybridized carbons (Fsp3) is 0. The predicted molar refractivity (Wildman–Crippen MR) is 359 cm³/mol. The van der Waals surface area contributed by atoms with Crippen LogP contribution < -0.4 is 0 Å². The fourth-order valence-corrected chi connectivity index (χ4v) is 13.0. The highest BCUT2D eigenvalue weighted by Gasteiger charge is 2.19. The summed E-state index contributed by atoms with van der Waals surface area (Å²) in [5.74, 6) is 1.97. The van der Waals surface area contributed by atoms with Gasteiger partial charge >= 0.3 is 0 Å². The van der Waals surface area contributed by atoms with E-state index >= 15 is 0 Å². The van der Waals surface area contributed by atoms with Gasteiger partial charge in [0, 0.05) is 49.3 Å². The van der Waals surface area contributed by atoms with Crippen LogP contribution in [0, 0.1) is 0 Å². The number of hydrogen-bond donors (Lipinski definition) is 0. The minimum atomic E-state index is 0.651. The first-order valence-electron chi connectivity index (χ1n) is 29.2. The summed E-state index contributed by atoms with van der Waals surface area (Å²) >= 11 is 0. The second-order valence-electron chi connectivity index (χ2n) is 22.1. The number of benzene rings is 14. The Bertz CT molecular complexity index is 5630. The predicted octanol–water partition coefficient (Wildman–Crippen LogP) is 20.7. The summed E-state index contributed by atoms with van der Waals surface area (Å²) in [4.78, 5) is 19.8. The van der Waals surface area contributed by atoms with E-state index in [1.165, 1.54) is 97.7 Å². The van der Waals surface area contributed by atoms with Crippen molar-refractivity contribution in [3.05, 3.63) is 303 Å². The fourth-order valence-electron chi connectivity index (χ4n) is 13.0. The average molecular weight is 1100 g/mol. The van der Waals surface area contributed by atoms with Gasteiger partial charge in [0.15, 0.2) is 17.5 Å². The van der Waals surface area contributed by atoms with Crippen molar-refractivity contribution in [2.45, 2.75) is 0 Å². The quantitative estimate of drug-likeness (QED) is 0.156. The monoisotopic (exact) mass is 1090 g/mol. The number of nitrogens with zero attached hydrogens (tertiary/aromatic N) is 6. The Labute approximate surface area is 494 Å². The summed E-state index contributed by atoms with van der Waals surface area (Å²) in [6, 6.07) is 108. The second kappa shape index (κ2) is 20.1. The van der Waals surface area contributed by atoms with Gasteiger partial charge in [-0.2, -0.15) is 0 Å². The molecule has 18 aromatic rings. The Morgan fingerprint density at radius 3 is 1.35 bits per heavy atom. The lowest BCUT2D eigenvalue weighted by Crippen LogP contribution is -2.00. The van der Waals surface area contributed by atoms with Crippen LogP contribution in [-0.4, -0.2) is 28.9 Å². The van der Waals surface area contributed by atoms with Gasteiger partial charge in [0.2, 0.25) is 0 Å². The maximum Gasteiger partial charge on any atom is 0.164 e. The normalized spacial score (nSPS) is 11.7. The third kappa shape index (κ3) is 8.18. The summed E-state index contributed by atoms with van der Waals surface area (Å²) in [6.07, 6.45) is 0. The molecule has 0 aliphatic rings. The zero-order valence-corrected chi connectivity index (χ0v) is 46.6. The largest absolute Gasteiger partial charge is 0.309 e. The Balaban J connectivity index is 0.000000137. The standard InChI is InChI=1S/C43H28N4.C37H22N2/c1-3-12-32(13-4-1)41-44-42(33-14-5-2-6-15-33)46-43(45-41)34-21-19-29(20-22-34)30-23-26-35(27-24-30)47-39-18-10-9-17-37(39)38-28-25-31-11-7-8-16-36(31)40(38)47;1-3-9-28-23(7-1)13-14-25-15-16-26(21-32(25)28)27-18-19-30-31-20-17-24-8-2-4-10-29(24)36(31)37-38-33-11-5-6-12-34(33)39(37)35(30)22-27/h1-28H;1-22H. The lowest BCUT2D eigenvalue weighted by atomic mass is 9.95. The maximum absolute atomic E-state index is 5.18. The van der Waals surface area contributed by atoms with Crippen molar-refractivity contribution in [1.29, 1.82) is 0 Å². The lowest BCUT2D eigenvalue weighted by Gasteiger charge is -2.13. The average Bonchev–Trinajstić information content (AvgIpc) is 2.18. The van der Waals surface area contributed by atoms with Crippen LogP contribution in [0.15, 0.2) is 303 Å². The van der Waals surface area contributed by atoms with E-state index in [1.54, 1.807) is 0 Å². The highest BCUT2D eigenvalue weighted by molar-refractivity contribution is 6.24. The molecule has 0 atom stereocenters. The molecule has 0 spiro atoms. The molecule has 86 heavy (non-hydrogen) atoms. The van der Waals surface area contributed by atoms with Crippen molar-refractivity contribution in [2.24, 2.45) is 0 Å². The Kier molecular flexibility index (Phi) is 11.5. The van der Waals surface area contributed by atoms with Crippen LogP contribution in [0.5, 0.6) is 0 Å². The van der Waals surface area contributed by atoms with E-state index in [0.717, 1.165) is 50.2 Å². The van der Waals surface area contributed by atoms with Gasteiger partial charge in [0.1, 0.15) is 5.65 Å². The van der Waals surface area contributed by atoms with E-state index in [4.69, 9.17) is 19.9 Å². The molecule has 0 saturated heterocycles. The molecule has 4 heterocycles. The highest BCUT2D eigenvalue weighted by atomic mass is 15.0. The van der Waals surface area contributed by atoms with Crippen molar-refractivity contribution in [2.75, 3.05) is 0 Å². The topological polar surface area (TPSA) is 60.9 Å². The van der Waals surface area contributed by atoms with Gasteiger partial charge in [-0.25, -0.2) is 19.9 Å². The van der Waals surface area contributed by atoms with Gasteiger partial charge in [0.05, 0.1) is 27.6 Å². The molecule has 0 aliphatic carbocycles. The highest BCUT2D eigenvalue weighted by Crippen LogP contribution is 2.41. The van der Waals surface area contributed by atoms with Crippen LogP contribution in [-0.2, 0) is 0 Å².